The number of carbonyl (C=O) groups excluding carboxylic acids is 1. The van der Waals surface area contributed by atoms with E-state index in [1.165, 1.54) is 12.8 Å². The monoisotopic (exact) mass is 314 g/mol. The molecule has 1 aliphatic carbocycles. The lowest BCUT2D eigenvalue weighted by Gasteiger charge is -2.20. The van der Waals surface area contributed by atoms with E-state index in [2.05, 4.69) is 43.1 Å². The Morgan fingerprint density at radius 3 is 2.57 bits per heavy atom. The van der Waals surface area contributed by atoms with Gasteiger partial charge < -0.3 is 5.32 Å². The molecule has 0 unspecified atom stereocenters. The van der Waals surface area contributed by atoms with Crippen molar-refractivity contribution >= 4 is 16.9 Å². The van der Waals surface area contributed by atoms with E-state index in [1.807, 2.05) is 24.6 Å². The Morgan fingerprint density at radius 2 is 2.00 bits per heavy atom. The highest BCUT2D eigenvalue weighted by Crippen LogP contribution is 2.33. The molecule has 0 radical (unpaired) electrons. The SMILES string of the molecule is Cc1cc(C(=O)N[C@H](C)C2CC2)c2c(C)nn(C(C)(C)C)c2n1. The van der Waals surface area contributed by atoms with Crippen molar-refractivity contribution < 1.29 is 4.79 Å². The van der Waals surface area contributed by atoms with E-state index in [-0.39, 0.29) is 17.5 Å². The third kappa shape index (κ3) is 2.96. The fourth-order valence-corrected chi connectivity index (χ4v) is 3.06. The molecule has 1 fully saturated rings. The largest absolute Gasteiger partial charge is 0.349 e. The molecule has 124 valence electrons. The minimum Gasteiger partial charge on any atom is -0.349 e. The Balaban J connectivity index is 2.09. The van der Waals surface area contributed by atoms with Gasteiger partial charge in [0.1, 0.15) is 0 Å². The summed E-state index contributed by atoms with van der Waals surface area (Å²) in [5.74, 6) is 0.618. The Labute approximate surface area is 137 Å². The van der Waals surface area contributed by atoms with Gasteiger partial charge in [-0.15, -0.1) is 0 Å². The van der Waals surface area contributed by atoms with Crippen molar-refractivity contribution in [3.8, 4) is 0 Å². The van der Waals surface area contributed by atoms with E-state index in [0.717, 1.165) is 22.4 Å². The highest BCUT2D eigenvalue weighted by molar-refractivity contribution is 6.06. The van der Waals surface area contributed by atoms with Crippen LogP contribution in [0, 0.1) is 19.8 Å². The second-order valence-corrected chi connectivity index (χ2v) is 7.78. The maximum absolute atomic E-state index is 12.8. The van der Waals surface area contributed by atoms with Crippen molar-refractivity contribution in [3.05, 3.63) is 23.0 Å². The number of rotatable bonds is 3. The molecule has 2 aromatic heterocycles. The smallest absolute Gasteiger partial charge is 0.252 e. The Hall–Kier alpha value is -1.91. The van der Waals surface area contributed by atoms with Crippen LogP contribution in [0.15, 0.2) is 6.07 Å². The van der Waals surface area contributed by atoms with Crippen molar-refractivity contribution in [3.63, 3.8) is 0 Å². The first-order chi connectivity index (χ1) is 10.7. The quantitative estimate of drug-likeness (QED) is 0.945. The zero-order valence-electron chi connectivity index (χ0n) is 14.9. The van der Waals surface area contributed by atoms with Gasteiger partial charge in [0.15, 0.2) is 5.65 Å². The van der Waals surface area contributed by atoms with E-state index in [1.54, 1.807) is 0 Å². The van der Waals surface area contributed by atoms with E-state index < -0.39 is 0 Å². The van der Waals surface area contributed by atoms with Gasteiger partial charge in [-0.1, -0.05) is 0 Å². The van der Waals surface area contributed by atoms with Crippen molar-refractivity contribution in [1.82, 2.24) is 20.1 Å². The number of aromatic nitrogens is 3. The van der Waals surface area contributed by atoms with Gasteiger partial charge in [0.2, 0.25) is 0 Å². The van der Waals surface area contributed by atoms with Crippen LogP contribution in [0.3, 0.4) is 0 Å². The average molecular weight is 314 g/mol. The van der Waals surface area contributed by atoms with E-state index in [0.29, 0.717) is 11.5 Å². The van der Waals surface area contributed by atoms with Gasteiger partial charge in [0.25, 0.3) is 5.91 Å². The van der Waals surface area contributed by atoms with E-state index >= 15 is 0 Å². The molecule has 0 bridgehead atoms. The summed E-state index contributed by atoms with van der Waals surface area (Å²) >= 11 is 0. The molecular weight excluding hydrogens is 288 g/mol. The first-order valence-corrected chi connectivity index (χ1v) is 8.37. The maximum atomic E-state index is 12.8. The lowest BCUT2D eigenvalue weighted by molar-refractivity contribution is 0.0937. The molecule has 2 aromatic rings. The zero-order valence-corrected chi connectivity index (χ0v) is 14.9. The van der Waals surface area contributed by atoms with E-state index in [4.69, 9.17) is 0 Å². The second-order valence-electron chi connectivity index (χ2n) is 7.78. The molecule has 0 spiro atoms. The van der Waals surface area contributed by atoms with Gasteiger partial charge in [-0.05, 0) is 66.4 Å². The Bertz CT molecular complexity index is 765. The van der Waals surface area contributed by atoms with Crippen LogP contribution >= 0.6 is 0 Å². The third-order valence-corrected chi connectivity index (χ3v) is 4.51. The van der Waals surface area contributed by atoms with Crippen LogP contribution in [-0.4, -0.2) is 26.7 Å². The predicted molar refractivity (Wildman–Crippen MR) is 91.7 cm³/mol. The summed E-state index contributed by atoms with van der Waals surface area (Å²) < 4.78 is 1.92. The zero-order chi connectivity index (χ0) is 16.9. The summed E-state index contributed by atoms with van der Waals surface area (Å²) in [5.41, 5.74) is 2.99. The van der Waals surface area contributed by atoms with Gasteiger partial charge in [-0.3, -0.25) is 4.79 Å². The first-order valence-electron chi connectivity index (χ1n) is 8.37. The molecule has 23 heavy (non-hydrogen) atoms. The fourth-order valence-electron chi connectivity index (χ4n) is 3.06. The second kappa shape index (κ2) is 5.32. The minimum atomic E-state index is -0.178. The summed E-state index contributed by atoms with van der Waals surface area (Å²) in [6, 6.07) is 2.10. The molecule has 1 saturated carbocycles. The lowest BCUT2D eigenvalue weighted by Crippen LogP contribution is -2.34. The molecule has 2 heterocycles. The number of hydrogen-bond acceptors (Lipinski definition) is 3. The van der Waals surface area contributed by atoms with Gasteiger partial charge in [0.05, 0.1) is 22.2 Å². The standard InChI is InChI=1S/C18H26N4O/c1-10-9-14(17(23)20-11(2)13-7-8-13)15-12(3)21-22(16(15)19-10)18(4,5)6/h9,11,13H,7-8H2,1-6H3,(H,20,23)/t11-/m1/s1. The molecule has 1 atom stereocenters. The van der Waals surface area contributed by atoms with Crippen molar-refractivity contribution in [2.75, 3.05) is 0 Å². The Kier molecular flexibility index (Phi) is 3.69. The Morgan fingerprint density at radius 1 is 1.35 bits per heavy atom. The molecule has 1 N–H and O–H groups in total. The molecule has 0 aliphatic heterocycles. The van der Waals surface area contributed by atoms with Crippen molar-refractivity contribution in [2.45, 2.75) is 66.0 Å². The van der Waals surface area contributed by atoms with Crippen LogP contribution in [0.25, 0.3) is 11.0 Å². The van der Waals surface area contributed by atoms with E-state index in [9.17, 15) is 4.79 Å². The summed E-state index contributed by atoms with van der Waals surface area (Å²) in [7, 11) is 0. The molecule has 5 heteroatoms. The number of hydrogen-bond donors (Lipinski definition) is 1. The molecule has 0 saturated heterocycles. The summed E-state index contributed by atoms with van der Waals surface area (Å²) in [5, 5.41) is 8.66. The molecule has 1 aliphatic rings. The fraction of sp³-hybridized carbons (Fsp3) is 0.611. The van der Waals surface area contributed by atoms with Crippen LogP contribution < -0.4 is 5.32 Å². The highest BCUT2D eigenvalue weighted by atomic mass is 16.1. The van der Waals surface area contributed by atoms with Crippen LogP contribution in [0.1, 0.15) is 62.3 Å². The predicted octanol–water partition coefficient (Wildman–Crippen LogP) is 3.33. The third-order valence-electron chi connectivity index (χ3n) is 4.51. The van der Waals surface area contributed by atoms with Crippen molar-refractivity contribution in [2.24, 2.45) is 5.92 Å². The number of nitrogens with zero attached hydrogens (tertiary/aromatic N) is 3. The summed E-state index contributed by atoms with van der Waals surface area (Å²) in [6.45, 7) is 12.2. The average Bonchev–Trinajstić information content (AvgIpc) is 3.22. The molecule has 5 nitrogen and oxygen atoms in total. The number of nitrogens with one attached hydrogen (secondary N) is 1. The van der Waals surface area contributed by atoms with Gasteiger partial charge in [-0.25, -0.2) is 9.67 Å². The summed E-state index contributed by atoms with van der Waals surface area (Å²) in [4.78, 5) is 17.4. The topological polar surface area (TPSA) is 59.8 Å². The van der Waals surface area contributed by atoms with Crippen LogP contribution in [0.4, 0.5) is 0 Å². The summed E-state index contributed by atoms with van der Waals surface area (Å²) in [6.07, 6.45) is 2.43. The molecule has 1 amide bonds. The van der Waals surface area contributed by atoms with Crippen LogP contribution in [-0.2, 0) is 5.54 Å². The van der Waals surface area contributed by atoms with Crippen LogP contribution in [0.2, 0.25) is 0 Å². The van der Waals surface area contributed by atoms with Crippen molar-refractivity contribution in [1.29, 1.82) is 0 Å². The minimum absolute atomic E-state index is 0.0172. The number of pyridine rings is 1. The first kappa shape index (κ1) is 16.0. The van der Waals surface area contributed by atoms with Crippen LogP contribution in [0.5, 0.6) is 0 Å². The highest BCUT2D eigenvalue weighted by Gasteiger charge is 2.30. The lowest BCUT2D eigenvalue weighted by atomic mass is 10.1. The molecule has 0 aromatic carbocycles. The maximum Gasteiger partial charge on any atom is 0.252 e. The normalized spacial score (nSPS) is 16.6. The number of fused-ring (bicyclic) bond motifs is 1. The van der Waals surface area contributed by atoms with Gasteiger partial charge in [0, 0.05) is 11.7 Å². The molecule has 3 rings (SSSR count). The van der Waals surface area contributed by atoms with Gasteiger partial charge in [-0.2, -0.15) is 5.10 Å². The number of carbonyl (C=O) groups is 1. The number of aryl methyl sites for hydroxylation is 2. The molecular formula is C18H26N4O. The van der Waals surface area contributed by atoms with Gasteiger partial charge >= 0.3 is 0 Å². The number of amides is 1.